The Labute approximate surface area is 167 Å². The molecule has 0 spiro atoms. The van der Waals surface area contributed by atoms with E-state index in [1.807, 2.05) is 36.4 Å². The lowest BCUT2D eigenvalue weighted by molar-refractivity contribution is 0.0728. The number of aliphatic hydroxyl groups is 1. The van der Waals surface area contributed by atoms with Crippen molar-refractivity contribution in [3.63, 3.8) is 0 Å². The van der Waals surface area contributed by atoms with Gasteiger partial charge in [0, 0.05) is 12.1 Å². The zero-order valence-electron chi connectivity index (χ0n) is 15.3. The monoisotopic (exact) mass is 395 g/mol. The first-order chi connectivity index (χ1) is 13.7. The topological polar surface area (TPSA) is 75.6 Å². The first-order valence-corrected chi connectivity index (χ1v) is 9.98. The van der Waals surface area contributed by atoms with E-state index >= 15 is 0 Å². The second-order valence-corrected chi connectivity index (χ2v) is 7.33. The van der Waals surface area contributed by atoms with Gasteiger partial charge in [0.15, 0.2) is 5.69 Å². The number of hydrogen-bond acceptors (Lipinski definition) is 6. The Morgan fingerprint density at radius 2 is 2.11 bits per heavy atom. The number of aliphatic hydroxyl groups excluding tert-OH is 1. The summed E-state index contributed by atoms with van der Waals surface area (Å²) in [5, 5.41) is 10.6. The first kappa shape index (κ1) is 18.6. The molecule has 0 saturated heterocycles. The summed E-state index contributed by atoms with van der Waals surface area (Å²) in [5.41, 5.74) is 3.29. The van der Waals surface area contributed by atoms with E-state index in [0.29, 0.717) is 31.8 Å². The Kier molecular flexibility index (Phi) is 5.64. The van der Waals surface area contributed by atoms with Gasteiger partial charge in [0.1, 0.15) is 12.4 Å². The third kappa shape index (κ3) is 4.21. The number of benzene rings is 2. The maximum absolute atomic E-state index is 12.6. The lowest BCUT2D eigenvalue weighted by atomic mass is 9.99. The number of nitrogens with zero attached hydrogens (tertiary/aromatic N) is 3. The number of carbonyl (C=O) groups is 1. The van der Waals surface area contributed by atoms with E-state index in [1.165, 1.54) is 11.8 Å². The van der Waals surface area contributed by atoms with E-state index in [2.05, 4.69) is 20.9 Å². The number of aromatic nitrogens is 2. The summed E-state index contributed by atoms with van der Waals surface area (Å²) >= 11 is 1.02. The van der Waals surface area contributed by atoms with Crippen LogP contribution in [0.2, 0.25) is 0 Å². The highest BCUT2D eigenvalue weighted by atomic mass is 32.1. The molecule has 1 unspecified atom stereocenters. The van der Waals surface area contributed by atoms with Gasteiger partial charge in [-0.2, -0.15) is 8.75 Å². The van der Waals surface area contributed by atoms with E-state index in [1.54, 1.807) is 4.90 Å². The molecule has 0 bridgehead atoms. The summed E-state index contributed by atoms with van der Waals surface area (Å²) in [6.07, 6.45) is 2.36. The molecule has 2 aromatic carbocycles. The molecule has 2 heterocycles. The average Bonchev–Trinajstić information content (AvgIpc) is 3.18. The molecule has 0 aliphatic carbocycles. The zero-order chi connectivity index (χ0) is 19.3. The van der Waals surface area contributed by atoms with E-state index < -0.39 is 6.10 Å². The Hall–Kier alpha value is -2.77. The molecule has 1 atom stereocenters. The molecule has 1 amide bonds. The van der Waals surface area contributed by atoms with Gasteiger partial charge in [-0.25, -0.2) is 0 Å². The predicted molar refractivity (Wildman–Crippen MR) is 106 cm³/mol. The van der Waals surface area contributed by atoms with Gasteiger partial charge in [-0.1, -0.05) is 36.4 Å². The molecule has 7 heteroatoms. The van der Waals surface area contributed by atoms with E-state index in [-0.39, 0.29) is 5.91 Å². The van der Waals surface area contributed by atoms with Crippen LogP contribution in [0.4, 0.5) is 0 Å². The number of aryl methyl sites for hydroxylation is 1. The van der Waals surface area contributed by atoms with Crippen LogP contribution in [0.1, 0.15) is 39.7 Å². The summed E-state index contributed by atoms with van der Waals surface area (Å²) < 4.78 is 13.7. The largest absolute Gasteiger partial charge is 0.491 e. The molecule has 3 aromatic rings. The van der Waals surface area contributed by atoms with Crippen molar-refractivity contribution in [3.8, 4) is 5.75 Å². The fourth-order valence-corrected chi connectivity index (χ4v) is 3.74. The minimum atomic E-state index is -0.569. The van der Waals surface area contributed by atoms with Gasteiger partial charge in [-0.3, -0.25) is 4.79 Å². The van der Waals surface area contributed by atoms with Crippen molar-refractivity contribution in [2.24, 2.45) is 0 Å². The van der Waals surface area contributed by atoms with Crippen LogP contribution < -0.4 is 4.74 Å². The Morgan fingerprint density at radius 1 is 1.25 bits per heavy atom. The van der Waals surface area contributed by atoms with Gasteiger partial charge in [0.25, 0.3) is 5.91 Å². The van der Waals surface area contributed by atoms with Gasteiger partial charge < -0.3 is 14.7 Å². The van der Waals surface area contributed by atoms with Gasteiger partial charge in [-0.05, 0) is 36.1 Å². The molecule has 144 valence electrons. The lowest BCUT2D eigenvalue weighted by Gasteiger charge is -2.19. The molecule has 1 aliphatic heterocycles. The lowest BCUT2D eigenvalue weighted by Crippen LogP contribution is -2.32. The molecule has 4 rings (SSSR count). The summed E-state index contributed by atoms with van der Waals surface area (Å²) in [6.45, 7) is 1.33. The van der Waals surface area contributed by atoms with Crippen molar-refractivity contribution in [1.82, 2.24) is 13.6 Å². The minimum Gasteiger partial charge on any atom is -0.491 e. The van der Waals surface area contributed by atoms with Crippen LogP contribution in [0.15, 0.2) is 54.7 Å². The van der Waals surface area contributed by atoms with E-state index in [0.717, 1.165) is 35.0 Å². The Bertz CT molecular complexity index is 931. The van der Waals surface area contributed by atoms with Crippen LogP contribution in [-0.4, -0.2) is 37.8 Å². The standard InChI is InChI=1S/C21H21N3O3S/c25-19(8-6-15-4-2-1-3-5-15)16-7-9-20-17(12-16)14-24(10-11-27-20)21(26)18-13-22-28-23-18/h1-5,7,9,12-13,19,25H,6,8,10-11,14H2. The number of carbonyl (C=O) groups excluding carboxylic acids is 1. The molecule has 0 fully saturated rings. The second kappa shape index (κ2) is 8.50. The van der Waals surface area contributed by atoms with Gasteiger partial charge in [0.05, 0.1) is 30.6 Å². The van der Waals surface area contributed by atoms with E-state index in [4.69, 9.17) is 4.74 Å². The fraction of sp³-hybridized carbons (Fsp3) is 0.286. The normalized spacial score (nSPS) is 14.7. The number of rotatable bonds is 5. The first-order valence-electron chi connectivity index (χ1n) is 9.25. The van der Waals surface area contributed by atoms with Crippen LogP contribution in [0.25, 0.3) is 0 Å². The second-order valence-electron chi connectivity index (χ2n) is 6.78. The molecular weight excluding hydrogens is 374 g/mol. The molecule has 1 aromatic heterocycles. The minimum absolute atomic E-state index is 0.153. The number of fused-ring (bicyclic) bond motifs is 1. The smallest absolute Gasteiger partial charge is 0.275 e. The maximum atomic E-state index is 12.6. The van der Waals surface area contributed by atoms with Crippen LogP contribution in [0, 0.1) is 0 Å². The highest BCUT2D eigenvalue weighted by molar-refractivity contribution is 6.99. The summed E-state index contributed by atoms with van der Waals surface area (Å²) in [7, 11) is 0. The van der Waals surface area contributed by atoms with Gasteiger partial charge in [-0.15, -0.1) is 0 Å². The van der Waals surface area contributed by atoms with Crippen LogP contribution in [0.3, 0.4) is 0 Å². The molecule has 0 saturated carbocycles. The number of ether oxygens (including phenoxy) is 1. The Balaban J connectivity index is 1.48. The highest BCUT2D eigenvalue weighted by Gasteiger charge is 2.23. The fourth-order valence-electron chi connectivity index (χ4n) is 3.33. The summed E-state index contributed by atoms with van der Waals surface area (Å²) in [6, 6.07) is 15.8. The molecule has 28 heavy (non-hydrogen) atoms. The van der Waals surface area contributed by atoms with Crippen molar-refractivity contribution >= 4 is 17.6 Å². The van der Waals surface area contributed by atoms with Crippen molar-refractivity contribution in [3.05, 3.63) is 77.1 Å². The van der Waals surface area contributed by atoms with Crippen LogP contribution >= 0.6 is 11.7 Å². The molecule has 1 N–H and O–H groups in total. The SMILES string of the molecule is O=C(c1cnsn1)N1CCOc2ccc(C(O)CCc3ccccc3)cc2C1. The van der Waals surface area contributed by atoms with Crippen molar-refractivity contribution in [1.29, 1.82) is 0 Å². The van der Waals surface area contributed by atoms with E-state index in [9.17, 15) is 9.90 Å². The third-order valence-corrected chi connectivity index (χ3v) is 5.34. The summed E-state index contributed by atoms with van der Waals surface area (Å²) in [4.78, 5) is 14.3. The van der Waals surface area contributed by atoms with Crippen LogP contribution in [-0.2, 0) is 13.0 Å². The number of hydrogen-bond donors (Lipinski definition) is 1. The van der Waals surface area contributed by atoms with Gasteiger partial charge >= 0.3 is 0 Å². The predicted octanol–water partition coefficient (Wildman–Crippen LogP) is 3.24. The zero-order valence-corrected chi connectivity index (χ0v) is 16.1. The van der Waals surface area contributed by atoms with Crippen LogP contribution in [0.5, 0.6) is 5.75 Å². The average molecular weight is 395 g/mol. The Morgan fingerprint density at radius 3 is 2.89 bits per heavy atom. The molecule has 1 aliphatic rings. The van der Waals surface area contributed by atoms with Crippen molar-refractivity contribution in [2.45, 2.75) is 25.5 Å². The molecule has 0 radical (unpaired) electrons. The van der Waals surface area contributed by atoms with Crippen molar-refractivity contribution in [2.75, 3.05) is 13.2 Å². The summed E-state index contributed by atoms with van der Waals surface area (Å²) in [5.74, 6) is 0.603. The quantitative estimate of drug-likeness (QED) is 0.718. The number of amides is 1. The van der Waals surface area contributed by atoms with Crippen molar-refractivity contribution < 1.29 is 14.6 Å². The molecular formula is C21H21N3O3S. The maximum Gasteiger partial charge on any atom is 0.275 e. The third-order valence-electron chi connectivity index (χ3n) is 4.87. The van der Waals surface area contributed by atoms with Gasteiger partial charge in [0.2, 0.25) is 0 Å². The highest BCUT2D eigenvalue weighted by Crippen LogP contribution is 2.29. The molecule has 6 nitrogen and oxygen atoms in total.